The number of fused-ring (bicyclic) bond motifs is 1. The number of para-hydroxylation sites is 2. The number of thiophene rings is 1. The van der Waals surface area contributed by atoms with Gasteiger partial charge in [0.2, 0.25) is 0 Å². The van der Waals surface area contributed by atoms with E-state index in [-0.39, 0.29) is 5.91 Å². The molecular formula is C26H27N7OS. The lowest BCUT2D eigenvalue weighted by molar-refractivity contribution is 0.0951. The van der Waals surface area contributed by atoms with E-state index in [2.05, 4.69) is 27.3 Å². The minimum atomic E-state index is -0.141. The normalized spacial score (nSPS) is 11.3. The fourth-order valence-corrected chi connectivity index (χ4v) is 4.87. The predicted molar refractivity (Wildman–Crippen MR) is 138 cm³/mol. The first-order valence-electron chi connectivity index (χ1n) is 11.8. The summed E-state index contributed by atoms with van der Waals surface area (Å²) < 4.78 is 3.76. The average molecular weight is 486 g/mol. The number of carbonyl (C=O) groups is 1. The van der Waals surface area contributed by atoms with Crippen molar-refractivity contribution in [3.63, 3.8) is 0 Å². The van der Waals surface area contributed by atoms with Gasteiger partial charge in [0.15, 0.2) is 0 Å². The maximum absolute atomic E-state index is 13.1. The summed E-state index contributed by atoms with van der Waals surface area (Å²) in [6, 6.07) is 12.0. The van der Waals surface area contributed by atoms with E-state index in [1.807, 2.05) is 59.5 Å². The number of amides is 1. The SMILES string of the molecule is CCCCc1c(C(=O)NCCn2cnc3ccccc32)cnn1-c1ncc(C)c(-c2cccs2)n1. The summed E-state index contributed by atoms with van der Waals surface area (Å²) >= 11 is 1.64. The summed E-state index contributed by atoms with van der Waals surface area (Å²) in [6.45, 7) is 5.26. The molecule has 1 aromatic carbocycles. The highest BCUT2D eigenvalue weighted by Gasteiger charge is 2.20. The van der Waals surface area contributed by atoms with Crippen molar-refractivity contribution in [2.24, 2.45) is 0 Å². The molecule has 1 amide bonds. The largest absolute Gasteiger partial charge is 0.350 e. The van der Waals surface area contributed by atoms with Gasteiger partial charge in [0.1, 0.15) is 0 Å². The van der Waals surface area contributed by atoms with Crippen LogP contribution >= 0.6 is 11.3 Å². The van der Waals surface area contributed by atoms with Crippen molar-refractivity contribution in [1.82, 2.24) is 34.6 Å². The molecule has 9 heteroatoms. The van der Waals surface area contributed by atoms with Crippen LogP contribution in [-0.4, -0.2) is 41.8 Å². The van der Waals surface area contributed by atoms with E-state index in [1.165, 1.54) is 0 Å². The Labute approximate surface area is 207 Å². The van der Waals surface area contributed by atoms with E-state index < -0.39 is 0 Å². The van der Waals surface area contributed by atoms with Gasteiger partial charge in [-0.15, -0.1) is 11.3 Å². The topological polar surface area (TPSA) is 90.5 Å². The van der Waals surface area contributed by atoms with Gasteiger partial charge in [-0.3, -0.25) is 4.79 Å². The summed E-state index contributed by atoms with van der Waals surface area (Å²) in [5.74, 6) is 0.339. The molecule has 35 heavy (non-hydrogen) atoms. The second-order valence-corrected chi connectivity index (χ2v) is 9.33. The lowest BCUT2D eigenvalue weighted by Crippen LogP contribution is -2.28. The molecule has 178 valence electrons. The number of unbranched alkanes of at least 4 members (excludes halogenated alkanes) is 1. The molecule has 0 aliphatic carbocycles. The van der Waals surface area contributed by atoms with Crippen molar-refractivity contribution < 1.29 is 4.79 Å². The third-order valence-electron chi connectivity index (χ3n) is 5.95. The van der Waals surface area contributed by atoms with Crippen LogP contribution in [0.4, 0.5) is 0 Å². The van der Waals surface area contributed by atoms with Crippen LogP contribution in [0.1, 0.15) is 41.4 Å². The highest BCUT2D eigenvalue weighted by atomic mass is 32.1. The van der Waals surface area contributed by atoms with Crippen molar-refractivity contribution in [2.45, 2.75) is 39.7 Å². The summed E-state index contributed by atoms with van der Waals surface area (Å²) in [5.41, 5.74) is 5.29. The van der Waals surface area contributed by atoms with E-state index in [0.717, 1.165) is 52.1 Å². The molecule has 0 unspecified atom stereocenters. The number of rotatable bonds is 9. The first-order chi connectivity index (χ1) is 17.2. The number of benzene rings is 1. The molecule has 0 saturated carbocycles. The van der Waals surface area contributed by atoms with Gasteiger partial charge >= 0.3 is 0 Å². The minimum absolute atomic E-state index is 0.141. The van der Waals surface area contributed by atoms with Crippen molar-refractivity contribution in [1.29, 1.82) is 0 Å². The molecule has 0 fully saturated rings. The lowest BCUT2D eigenvalue weighted by atomic mass is 10.1. The fraction of sp³-hybridized carbons (Fsp3) is 0.269. The van der Waals surface area contributed by atoms with Gasteiger partial charge in [0.25, 0.3) is 11.9 Å². The zero-order valence-electron chi connectivity index (χ0n) is 19.8. The Morgan fingerprint density at radius 1 is 1.11 bits per heavy atom. The number of hydrogen-bond donors (Lipinski definition) is 1. The second kappa shape index (κ2) is 10.2. The van der Waals surface area contributed by atoms with Crippen LogP contribution in [0.25, 0.3) is 27.6 Å². The van der Waals surface area contributed by atoms with E-state index in [9.17, 15) is 4.79 Å². The highest BCUT2D eigenvalue weighted by molar-refractivity contribution is 7.13. The van der Waals surface area contributed by atoms with Gasteiger partial charge in [-0.2, -0.15) is 5.10 Å². The smallest absolute Gasteiger partial charge is 0.254 e. The van der Waals surface area contributed by atoms with E-state index in [0.29, 0.717) is 24.6 Å². The summed E-state index contributed by atoms with van der Waals surface area (Å²) in [5, 5.41) is 9.61. The summed E-state index contributed by atoms with van der Waals surface area (Å²) in [4.78, 5) is 28.0. The van der Waals surface area contributed by atoms with E-state index >= 15 is 0 Å². The van der Waals surface area contributed by atoms with Crippen molar-refractivity contribution >= 4 is 28.3 Å². The Balaban J connectivity index is 1.37. The molecule has 5 aromatic rings. The predicted octanol–water partition coefficient (Wildman–Crippen LogP) is 4.82. The highest BCUT2D eigenvalue weighted by Crippen LogP contribution is 2.26. The first kappa shape index (κ1) is 22.9. The van der Waals surface area contributed by atoms with Crippen LogP contribution in [0, 0.1) is 6.92 Å². The number of imidazole rings is 1. The summed E-state index contributed by atoms with van der Waals surface area (Å²) in [7, 11) is 0. The Hall–Kier alpha value is -3.85. The van der Waals surface area contributed by atoms with Crippen LogP contribution in [-0.2, 0) is 13.0 Å². The molecular weight excluding hydrogens is 458 g/mol. The molecule has 5 rings (SSSR count). The third kappa shape index (κ3) is 4.72. The van der Waals surface area contributed by atoms with Crippen LogP contribution in [0.5, 0.6) is 0 Å². The molecule has 0 aliphatic heterocycles. The summed E-state index contributed by atoms with van der Waals surface area (Å²) in [6.07, 6.45) is 7.92. The van der Waals surface area contributed by atoms with Crippen molar-refractivity contribution in [3.05, 3.63) is 77.3 Å². The lowest BCUT2D eigenvalue weighted by Gasteiger charge is -2.11. The van der Waals surface area contributed by atoms with Crippen LogP contribution in [0.15, 0.2) is 60.5 Å². The standard InChI is InChI=1S/C26H27N7OS/c1-3-4-9-21-19(25(34)27-12-13-32-17-29-20-8-5-6-10-22(20)32)16-30-33(21)26-28-15-18(2)24(31-26)23-11-7-14-35-23/h5-8,10-11,14-17H,3-4,9,12-13H2,1-2H3,(H,27,34). The third-order valence-corrected chi connectivity index (χ3v) is 6.83. The molecule has 0 saturated heterocycles. The fourth-order valence-electron chi connectivity index (χ4n) is 4.09. The molecule has 0 spiro atoms. The Morgan fingerprint density at radius 2 is 2.00 bits per heavy atom. The Kier molecular flexibility index (Phi) is 6.67. The maximum Gasteiger partial charge on any atom is 0.254 e. The zero-order valence-corrected chi connectivity index (χ0v) is 20.6. The number of hydrogen-bond acceptors (Lipinski definition) is 6. The van der Waals surface area contributed by atoms with Gasteiger partial charge in [0.05, 0.1) is 45.4 Å². The Morgan fingerprint density at radius 3 is 2.83 bits per heavy atom. The Bertz CT molecular complexity index is 1450. The molecule has 8 nitrogen and oxygen atoms in total. The monoisotopic (exact) mass is 485 g/mol. The number of nitrogens with one attached hydrogen (secondary N) is 1. The molecule has 0 atom stereocenters. The molecule has 1 N–H and O–H groups in total. The van der Waals surface area contributed by atoms with Gasteiger partial charge in [-0.25, -0.2) is 19.6 Å². The number of aromatic nitrogens is 6. The molecule has 0 radical (unpaired) electrons. The molecule has 4 heterocycles. The number of aryl methyl sites for hydroxylation is 1. The zero-order chi connectivity index (χ0) is 24.2. The molecule has 0 aliphatic rings. The molecule has 0 bridgehead atoms. The number of carbonyl (C=O) groups excluding carboxylic acids is 1. The molecule has 4 aromatic heterocycles. The van der Waals surface area contributed by atoms with Gasteiger partial charge in [0, 0.05) is 19.3 Å². The van der Waals surface area contributed by atoms with E-state index in [4.69, 9.17) is 4.98 Å². The maximum atomic E-state index is 13.1. The van der Waals surface area contributed by atoms with Gasteiger partial charge in [-0.1, -0.05) is 31.5 Å². The van der Waals surface area contributed by atoms with E-state index in [1.54, 1.807) is 28.5 Å². The van der Waals surface area contributed by atoms with Crippen molar-refractivity contribution in [3.8, 4) is 16.5 Å². The van der Waals surface area contributed by atoms with Gasteiger partial charge < -0.3 is 9.88 Å². The van der Waals surface area contributed by atoms with Crippen LogP contribution < -0.4 is 5.32 Å². The average Bonchev–Trinajstić information content (AvgIpc) is 3.63. The first-order valence-corrected chi connectivity index (χ1v) is 12.7. The number of nitrogens with zero attached hydrogens (tertiary/aromatic N) is 6. The van der Waals surface area contributed by atoms with Crippen molar-refractivity contribution in [2.75, 3.05) is 6.54 Å². The quantitative estimate of drug-likeness (QED) is 0.323. The van der Waals surface area contributed by atoms with Gasteiger partial charge in [-0.05, 0) is 48.9 Å². The van der Waals surface area contributed by atoms with Crippen LogP contribution in [0.3, 0.4) is 0 Å². The minimum Gasteiger partial charge on any atom is -0.350 e. The van der Waals surface area contributed by atoms with Crippen LogP contribution in [0.2, 0.25) is 0 Å². The second-order valence-electron chi connectivity index (χ2n) is 8.38.